The number of H-pyrrole nitrogens is 1. The second-order valence-corrected chi connectivity index (χ2v) is 11.3. The number of hydrogen-bond acceptors (Lipinski definition) is 5. The number of likely N-dealkylation sites (N-methyl/N-ethyl adjacent to an activating group) is 1. The Morgan fingerprint density at radius 3 is 2.64 bits per heavy atom. The highest BCUT2D eigenvalue weighted by Gasteiger charge is 2.28. The molecule has 0 saturated carbocycles. The summed E-state index contributed by atoms with van der Waals surface area (Å²) in [5, 5.41) is 16.9. The number of ether oxygens (including phenoxy) is 1. The zero-order valence-corrected chi connectivity index (χ0v) is 24.7. The molecule has 8 nitrogen and oxygen atoms in total. The molecule has 2 atom stereocenters. The second-order valence-electron chi connectivity index (χ2n) is 11.3. The lowest BCUT2D eigenvalue weighted by atomic mass is 9.89. The van der Waals surface area contributed by atoms with E-state index in [1.54, 1.807) is 0 Å². The third-order valence-electron chi connectivity index (χ3n) is 8.10. The first-order chi connectivity index (χ1) is 21.0. The number of fused-ring (bicyclic) bond motifs is 12. The van der Waals surface area contributed by atoms with Crippen LogP contribution in [0.15, 0.2) is 54.7 Å². The van der Waals surface area contributed by atoms with E-state index in [0.29, 0.717) is 34.9 Å². The van der Waals surface area contributed by atoms with E-state index in [0.717, 1.165) is 24.0 Å². The number of aromatic nitrogens is 1. The van der Waals surface area contributed by atoms with Crippen molar-refractivity contribution in [2.45, 2.75) is 64.6 Å². The molecule has 0 radical (unpaired) electrons. The maximum absolute atomic E-state index is 15.3. The summed E-state index contributed by atoms with van der Waals surface area (Å²) in [6.07, 6.45) is 4.15. The summed E-state index contributed by atoms with van der Waals surface area (Å²) in [6, 6.07) is 11.6. The molecular weight excluding hydrogens is 573 g/mol. The lowest BCUT2D eigenvalue weighted by Crippen LogP contribution is -2.35. The van der Waals surface area contributed by atoms with Crippen molar-refractivity contribution in [3.63, 3.8) is 0 Å². The number of carbonyl (C=O) groups is 2. The minimum absolute atomic E-state index is 0.00261. The van der Waals surface area contributed by atoms with E-state index >= 15 is 4.39 Å². The van der Waals surface area contributed by atoms with Gasteiger partial charge in [-0.2, -0.15) is 8.78 Å². The molecule has 0 aliphatic carbocycles. The Labute approximate surface area is 253 Å². The molecule has 6 rings (SSSR count). The van der Waals surface area contributed by atoms with E-state index in [1.807, 2.05) is 25.1 Å². The van der Waals surface area contributed by atoms with E-state index in [2.05, 4.69) is 22.5 Å². The summed E-state index contributed by atoms with van der Waals surface area (Å²) in [7, 11) is 1.51. The van der Waals surface area contributed by atoms with Gasteiger partial charge in [0.15, 0.2) is 5.88 Å². The van der Waals surface area contributed by atoms with Crippen molar-refractivity contribution in [1.82, 2.24) is 9.88 Å². The number of nitrogens with one attached hydrogen (secondary N) is 3. The summed E-state index contributed by atoms with van der Waals surface area (Å²) in [6.45, 7) is 0.836. The van der Waals surface area contributed by atoms with Gasteiger partial charge in [0, 0.05) is 48.2 Å². The van der Waals surface area contributed by atoms with Gasteiger partial charge in [0.1, 0.15) is 17.6 Å². The first-order valence-corrected chi connectivity index (χ1v) is 14.5. The summed E-state index contributed by atoms with van der Waals surface area (Å²) >= 11 is 0. The highest BCUT2D eigenvalue weighted by molar-refractivity contribution is 5.92. The molecule has 4 bridgehead atoms. The van der Waals surface area contributed by atoms with Crippen LogP contribution >= 0.6 is 0 Å². The topological polar surface area (TPSA) is 107 Å². The molecule has 1 aromatic heterocycles. The van der Waals surface area contributed by atoms with E-state index in [9.17, 15) is 23.5 Å². The fourth-order valence-corrected chi connectivity index (χ4v) is 5.78. The lowest BCUT2D eigenvalue weighted by Gasteiger charge is -2.28. The number of benzene rings is 3. The fourth-order valence-electron chi connectivity index (χ4n) is 5.78. The second kappa shape index (κ2) is 12.9. The maximum Gasteiger partial charge on any atom is 0.387 e. The van der Waals surface area contributed by atoms with Gasteiger partial charge >= 0.3 is 6.61 Å². The first-order valence-electron chi connectivity index (χ1n) is 14.5. The Bertz CT molecular complexity index is 1690. The lowest BCUT2D eigenvalue weighted by molar-refractivity contribution is -0.131. The number of rotatable bonds is 4. The summed E-state index contributed by atoms with van der Waals surface area (Å²) in [5.41, 5.74) is 3.29. The zero-order chi connectivity index (χ0) is 31.5. The van der Waals surface area contributed by atoms with Gasteiger partial charge in [-0.25, -0.2) is 4.39 Å². The van der Waals surface area contributed by atoms with E-state index in [4.69, 9.17) is 4.74 Å². The number of halogens is 3. The summed E-state index contributed by atoms with van der Waals surface area (Å²) in [5.74, 6) is -1.36. The molecule has 3 heterocycles. The molecule has 4 aromatic rings. The van der Waals surface area contributed by atoms with Gasteiger partial charge in [0.2, 0.25) is 11.8 Å². The third-order valence-corrected chi connectivity index (χ3v) is 8.10. The Kier molecular flexibility index (Phi) is 9.03. The number of aryl methyl sites for hydroxylation is 1. The van der Waals surface area contributed by atoms with Gasteiger partial charge in [-0.1, -0.05) is 31.5 Å². The molecule has 232 valence electrons. The van der Waals surface area contributed by atoms with Gasteiger partial charge < -0.3 is 30.4 Å². The minimum atomic E-state index is -3.10. The van der Waals surface area contributed by atoms with Crippen LogP contribution in [0.4, 0.5) is 24.5 Å². The molecule has 0 saturated heterocycles. The van der Waals surface area contributed by atoms with Crippen LogP contribution in [0, 0.1) is 12.7 Å². The Morgan fingerprint density at radius 1 is 1.09 bits per heavy atom. The molecule has 2 aliphatic rings. The molecule has 3 aromatic carbocycles. The monoisotopic (exact) mass is 608 g/mol. The average Bonchev–Trinajstić information content (AvgIpc) is 3.32. The van der Waals surface area contributed by atoms with Gasteiger partial charge in [-0.05, 0) is 72.7 Å². The van der Waals surface area contributed by atoms with Crippen LogP contribution in [0.1, 0.15) is 66.8 Å². The number of hydrogen-bond donors (Lipinski definition) is 4. The van der Waals surface area contributed by atoms with Crippen molar-refractivity contribution in [3.8, 4) is 11.6 Å². The number of aromatic hydroxyl groups is 1. The van der Waals surface area contributed by atoms with Crippen molar-refractivity contribution >= 4 is 34.0 Å². The third kappa shape index (κ3) is 6.77. The molecular formula is C33H35F3N4O4. The van der Waals surface area contributed by atoms with Crippen molar-refractivity contribution < 1.29 is 32.6 Å². The van der Waals surface area contributed by atoms with Crippen LogP contribution in [0.3, 0.4) is 0 Å². The Morgan fingerprint density at radius 2 is 1.89 bits per heavy atom. The van der Waals surface area contributed by atoms with Crippen LogP contribution in [0.25, 0.3) is 10.8 Å². The molecule has 0 spiro atoms. The predicted molar refractivity (Wildman–Crippen MR) is 163 cm³/mol. The molecule has 4 N–H and O–H groups in total. The quantitative estimate of drug-likeness (QED) is 0.194. The first kappa shape index (κ1) is 30.8. The Balaban J connectivity index is 1.57. The van der Waals surface area contributed by atoms with Gasteiger partial charge in [0.25, 0.3) is 0 Å². The Hall–Kier alpha value is -4.67. The largest absolute Gasteiger partial charge is 0.494 e. The minimum Gasteiger partial charge on any atom is -0.494 e. The fraction of sp³-hybridized carbons (Fsp3) is 0.333. The van der Waals surface area contributed by atoms with E-state index < -0.39 is 24.4 Å². The molecule has 2 aliphatic heterocycles. The molecule has 44 heavy (non-hydrogen) atoms. The number of carbonyl (C=O) groups excluding carboxylic acids is 2. The van der Waals surface area contributed by atoms with Crippen LogP contribution in [-0.2, 0) is 16.1 Å². The summed E-state index contributed by atoms with van der Waals surface area (Å²) in [4.78, 5) is 30.7. The smallest absolute Gasteiger partial charge is 0.387 e. The van der Waals surface area contributed by atoms with Crippen LogP contribution in [0.5, 0.6) is 11.6 Å². The molecule has 0 unspecified atom stereocenters. The number of nitrogens with zero attached hydrogens (tertiary/aromatic N) is 1. The van der Waals surface area contributed by atoms with Crippen molar-refractivity contribution in [2.24, 2.45) is 0 Å². The number of anilines is 2. The number of amides is 2. The SMILES string of the molecule is Cc1cc2ccc1[C@@H](C)CCCCC(=O)Nc1ccc(OC(F)F)c(c1)CN(C)C(=O)[C@@H]2Nc1cc2c(O)[nH]cc2cc1F. The van der Waals surface area contributed by atoms with Crippen LogP contribution in [-0.4, -0.2) is 40.5 Å². The predicted octanol–water partition coefficient (Wildman–Crippen LogP) is 7.35. The van der Waals surface area contributed by atoms with Crippen molar-refractivity contribution in [1.29, 1.82) is 0 Å². The molecule has 11 heteroatoms. The average molecular weight is 609 g/mol. The maximum atomic E-state index is 15.3. The van der Waals surface area contributed by atoms with Gasteiger partial charge in [0.05, 0.1) is 5.69 Å². The molecule has 2 amide bonds. The van der Waals surface area contributed by atoms with E-state index in [-0.39, 0.29) is 41.3 Å². The molecule has 0 fully saturated rings. The van der Waals surface area contributed by atoms with E-state index in [1.165, 1.54) is 48.5 Å². The number of aromatic amines is 1. The van der Waals surface area contributed by atoms with Gasteiger partial charge in [-0.3, -0.25) is 9.59 Å². The van der Waals surface area contributed by atoms with Crippen molar-refractivity contribution in [3.05, 3.63) is 82.8 Å². The van der Waals surface area contributed by atoms with Crippen LogP contribution < -0.4 is 15.4 Å². The standard InChI is InChI=1S/C33H35F3N4O4/c1-18-6-4-5-7-29(41)38-23-9-11-28(44-33(35)36)22(13-23)17-40(3)32(43)30(20-8-10-24(18)19(2)12-20)39-27-15-25-21(14-26(27)34)16-37-31(25)42/h8-16,18,30,33,37,39,42H,4-7,17H2,1-3H3,(H,38,41)/t18-,30+/m0/s1. The van der Waals surface area contributed by atoms with Crippen molar-refractivity contribution in [2.75, 3.05) is 17.7 Å². The number of alkyl halides is 2. The highest BCUT2D eigenvalue weighted by atomic mass is 19.3. The normalized spacial score (nSPS) is 18.3. The van der Waals surface area contributed by atoms with Gasteiger partial charge in [-0.15, -0.1) is 0 Å². The zero-order valence-electron chi connectivity index (χ0n) is 24.7. The van der Waals surface area contributed by atoms with Crippen LogP contribution in [0.2, 0.25) is 0 Å². The highest BCUT2D eigenvalue weighted by Crippen LogP contribution is 2.34. The summed E-state index contributed by atoms with van der Waals surface area (Å²) < 4.78 is 46.5.